The number of pyridine rings is 1. The fourth-order valence-corrected chi connectivity index (χ4v) is 4.25. The highest BCUT2D eigenvalue weighted by atomic mass is 16.5. The Morgan fingerprint density at radius 3 is 2.93 bits per heavy atom. The number of amides is 1. The van der Waals surface area contributed by atoms with Crippen molar-refractivity contribution < 1.29 is 14.3 Å². The number of tetrazole rings is 1. The average molecular weight is 402 g/mol. The number of hydrogen-bond acceptors (Lipinski definition) is 7. The van der Waals surface area contributed by atoms with Crippen LogP contribution in [-0.4, -0.2) is 94.9 Å². The SMILES string of the molecule is COCCN1CCC(CN(C[C@H]2CCCO2)C(=O)c2ccn3nnnc3c2)CC1. The molecule has 158 valence electrons. The Hall–Kier alpha value is -2.10. The number of piperidine rings is 1. The van der Waals surface area contributed by atoms with E-state index in [0.29, 0.717) is 23.7 Å². The van der Waals surface area contributed by atoms with Crippen molar-refractivity contribution in [1.29, 1.82) is 0 Å². The molecule has 0 bridgehead atoms. The van der Waals surface area contributed by atoms with Crippen LogP contribution in [0.5, 0.6) is 0 Å². The summed E-state index contributed by atoms with van der Waals surface area (Å²) in [5.74, 6) is 0.547. The minimum atomic E-state index is 0.0350. The van der Waals surface area contributed by atoms with Crippen LogP contribution in [0.25, 0.3) is 5.65 Å². The molecule has 0 radical (unpaired) electrons. The van der Waals surface area contributed by atoms with Crippen molar-refractivity contribution >= 4 is 11.6 Å². The summed E-state index contributed by atoms with van der Waals surface area (Å²) in [7, 11) is 1.74. The minimum Gasteiger partial charge on any atom is -0.383 e. The Balaban J connectivity index is 1.42. The Labute approximate surface area is 170 Å². The van der Waals surface area contributed by atoms with Gasteiger partial charge in [-0.3, -0.25) is 4.79 Å². The van der Waals surface area contributed by atoms with E-state index in [-0.39, 0.29) is 12.0 Å². The number of fused-ring (bicyclic) bond motifs is 1. The van der Waals surface area contributed by atoms with Crippen molar-refractivity contribution in [2.24, 2.45) is 5.92 Å². The van der Waals surface area contributed by atoms with Crippen LogP contribution in [0.3, 0.4) is 0 Å². The molecule has 0 N–H and O–H groups in total. The van der Waals surface area contributed by atoms with Crippen molar-refractivity contribution in [2.45, 2.75) is 31.8 Å². The molecule has 2 aliphatic heterocycles. The van der Waals surface area contributed by atoms with Crippen LogP contribution in [0.1, 0.15) is 36.0 Å². The highest BCUT2D eigenvalue weighted by Gasteiger charge is 2.28. The molecule has 29 heavy (non-hydrogen) atoms. The number of carbonyl (C=O) groups is 1. The van der Waals surface area contributed by atoms with Gasteiger partial charge in [0.05, 0.1) is 12.7 Å². The first-order chi connectivity index (χ1) is 14.2. The van der Waals surface area contributed by atoms with E-state index in [1.54, 1.807) is 30.0 Å². The zero-order valence-corrected chi connectivity index (χ0v) is 17.1. The van der Waals surface area contributed by atoms with Gasteiger partial charge in [-0.15, -0.1) is 5.10 Å². The van der Waals surface area contributed by atoms with Gasteiger partial charge in [0.1, 0.15) is 0 Å². The summed E-state index contributed by atoms with van der Waals surface area (Å²) in [5, 5.41) is 11.5. The Bertz CT molecular complexity index is 798. The Kier molecular flexibility index (Phi) is 6.68. The van der Waals surface area contributed by atoms with Crippen LogP contribution in [0.2, 0.25) is 0 Å². The van der Waals surface area contributed by atoms with E-state index < -0.39 is 0 Å². The lowest BCUT2D eigenvalue weighted by Crippen LogP contribution is -2.44. The second-order valence-electron chi connectivity index (χ2n) is 8.02. The summed E-state index contributed by atoms with van der Waals surface area (Å²) in [6, 6.07) is 3.56. The summed E-state index contributed by atoms with van der Waals surface area (Å²) in [6.45, 7) is 6.09. The van der Waals surface area contributed by atoms with Crippen LogP contribution in [0.15, 0.2) is 18.3 Å². The second-order valence-corrected chi connectivity index (χ2v) is 8.02. The number of aromatic nitrogens is 4. The fraction of sp³-hybridized carbons (Fsp3) is 0.700. The lowest BCUT2D eigenvalue weighted by atomic mass is 9.95. The summed E-state index contributed by atoms with van der Waals surface area (Å²) >= 11 is 0. The fourth-order valence-electron chi connectivity index (χ4n) is 4.25. The number of likely N-dealkylation sites (tertiary alicyclic amines) is 1. The smallest absolute Gasteiger partial charge is 0.254 e. The standard InChI is InChI=1S/C20H30N6O3/c1-28-12-10-24-7-4-16(5-8-24)14-25(15-18-3-2-11-29-18)20(27)17-6-9-26-19(13-17)21-22-23-26/h6,9,13,16,18H,2-5,7-8,10-12,14-15H2,1H3/t18-/m1/s1. The van der Waals surface area contributed by atoms with Crippen LogP contribution in [-0.2, 0) is 9.47 Å². The van der Waals surface area contributed by atoms with Crippen LogP contribution in [0, 0.1) is 5.92 Å². The van der Waals surface area contributed by atoms with Crippen molar-refractivity contribution in [2.75, 3.05) is 53.0 Å². The first-order valence-electron chi connectivity index (χ1n) is 10.5. The summed E-state index contributed by atoms with van der Waals surface area (Å²) < 4.78 is 12.6. The number of nitrogens with zero attached hydrogens (tertiary/aromatic N) is 6. The van der Waals surface area contributed by atoms with Crippen LogP contribution >= 0.6 is 0 Å². The molecule has 2 aromatic heterocycles. The molecule has 4 rings (SSSR count). The normalized spacial score (nSPS) is 21.1. The third-order valence-corrected chi connectivity index (χ3v) is 5.98. The third-order valence-electron chi connectivity index (χ3n) is 5.98. The second kappa shape index (κ2) is 9.60. The number of carbonyl (C=O) groups excluding carboxylic acids is 1. The number of ether oxygens (including phenoxy) is 2. The van der Waals surface area contributed by atoms with Gasteiger partial charge in [0.2, 0.25) is 0 Å². The quantitative estimate of drug-likeness (QED) is 0.654. The average Bonchev–Trinajstić information content (AvgIpc) is 3.43. The summed E-state index contributed by atoms with van der Waals surface area (Å²) in [6.07, 6.45) is 6.17. The number of methoxy groups -OCH3 is 1. The summed E-state index contributed by atoms with van der Waals surface area (Å²) in [5.41, 5.74) is 1.21. The molecule has 2 saturated heterocycles. The van der Waals surface area contributed by atoms with E-state index in [0.717, 1.165) is 65.1 Å². The molecule has 0 unspecified atom stereocenters. The molecule has 2 fully saturated rings. The molecule has 2 aromatic rings. The van der Waals surface area contributed by atoms with E-state index in [2.05, 4.69) is 20.4 Å². The van der Waals surface area contributed by atoms with E-state index >= 15 is 0 Å². The first kappa shape index (κ1) is 20.2. The van der Waals surface area contributed by atoms with E-state index in [1.807, 2.05) is 4.90 Å². The van der Waals surface area contributed by atoms with E-state index in [4.69, 9.17) is 9.47 Å². The lowest BCUT2D eigenvalue weighted by Gasteiger charge is -2.35. The predicted molar refractivity (Wildman–Crippen MR) is 107 cm³/mol. The molecule has 1 amide bonds. The molecule has 9 nitrogen and oxygen atoms in total. The molecule has 9 heteroatoms. The monoisotopic (exact) mass is 402 g/mol. The molecular weight excluding hydrogens is 372 g/mol. The van der Waals surface area contributed by atoms with Gasteiger partial charge in [0.15, 0.2) is 5.65 Å². The molecule has 0 saturated carbocycles. The highest BCUT2D eigenvalue weighted by Crippen LogP contribution is 2.22. The van der Waals surface area contributed by atoms with E-state index in [1.165, 1.54) is 0 Å². The molecule has 0 spiro atoms. The maximum absolute atomic E-state index is 13.3. The highest BCUT2D eigenvalue weighted by molar-refractivity contribution is 5.95. The predicted octanol–water partition coefficient (Wildman–Crippen LogP) is 1.10. The maximum atomic E-state index is 13.3. The van der Waals surface area contributed by atoms with Gasteiger partial charge >= 0.3 is 0 Å². The Morgan fingerprint density at radius 2 is 2.17 bits per heavy atom. The zero-order valence-electron chi connectivity index (χ0n) is 17.1. The van der Waals surface area contributed by atoms with Gasteiger partial charge in [0, 0.05) is 45.1 Å². The van der Waals surface area contributed by atoms with Crippen molar-refractivity contribution in [1.82, 2.24) is 29.8 Å². The van der Waals surface area contributed by atoms with Crippen LogP contribution < -0.4 is 0 Å². The molecule has 2 aliphatic rings. The van der Waals surface area contributed by atoms with Gasteiger partial charge in [-0.25, -0.2) is 4.52 Å². The lowest BCUT2D eigenvalue weighted by molar-refractivity contribution is 0.0437. The number of hydrogen-bond donors (Lipinski definition) is 0. The molecule has 4 heterocycles. The maximum Gasteiger partial charge on any atom is 0.254 e. The topological polar surface area (TPSA) is 85.1 Å². The Morgan fingerprint density at radius 1 is 1.31 bits per heavy atom. The zero-order chi connectivity index (χ0) is 20.1. The molecule has 0 aliphatic carbocycles. The molecular formula is C20H30N6O3. The van der Waals surface area contributed by atoms with Crippen molar-refractivity contribution in [3.8, 4) is 0 Å². The van der Waals surface area contributed by atoms with Gasteiger partial charge in [-0.2, -0.15) is 0 Å². The first-order valence-corrected chi connectivity index (χ1v) is 10.5. The van der Waals surface area contributed by atoms with Crippen molar-refractivity contribution in [3.63, 3.8) is 0 Å². The largest absolute Gasteiger partial charge is 0.383 e. The van der Waals surface area contributed by atoms with Gasteiger partial charge in [-0.1, -0.05) is 0 Å². The molecule has 1 atom stereocenters. The van der Waals surface area contributed by atoms with Crippen molar-refractivity contribution in [3.05, 3.63) is 23.9 Å². The summed E-state index contributed by atoms with van der Waals surface area (Å²) in [4.78, 5) is 17.8. The van der Waals surface area contributed by atoms with E-state index in [9.17, 15) is 4.79 Å². The number of rotatable bonds is 8. The molecule has 0 aromatic carbocycles. The van der Waals surface area contributed by atoms with Gasteiger partial charge in [-0.05, 0) is 67.3 Å². The van der Waals surface area contributed by atoms with Crippen LogP contribution in [0.4, 0.5) is 0 Å². The minimum absolute atomic E-state index is 0.0350. The third kappa shape index (κ3) is 5.09. The van der Waals surface area contributed by atoms with Gasteiger partial charge in [0.25, 0.3) is 5.91 Å². The van der Waals surface area contributed by atoms with Gasteiger partial charge < -0.3 is 19.3 Å².